The first-order chi connectivity index (χ1) is 7.99. The van der Waals surface area contributed by atoms with Crippen LogP contribution in [0.3, 0.4) is 0 Å². The molecule has 2 heterocycles. The third-order valence-corrected chi connectivity index (χ3v) is 2.48. The minimum absolute atomic E-state index is 0.0644. The molecule has 0 spiro atoms. The third-order valence-electron chi connectivity index (χ3n) is 2.48. The number of aromatic nitrogens is 3. The van der Waals surface area contributed by atoms with Crippen LogP contribution in [0.2, 0.25) is 0 Å². The second-order valence-electron chi connectivity index (χ2n) is 3.88. The zero-order chi connectivity index (χ0) is 12.6. The number of hydrogen-bond acceptors (Lipinski definition) is 4. The highest BCUT2D eigenvalue weighted by molar-refractivity contribution is 5.79. The molecule has 7 heteroatoms. The number of carbonyl (C=O) groups excluding carboxylic acids is 1. The first-order valence-corrected chi connectivity index (χ1v) is 5.09. The summed E-state index contributed by atoms with van der Waals surface area (Å²) < 4.78 is 2.84. The Labute approximate surface area is 96.6 Å². The van der Waals surface area contributed by atoms with Crippen molar-refractivity contribution >= 4 is 11.4 Å². The van der Waals surface area contributed by atoms with Gasteiger partial charge in [-0.15, -0.1) is 0 Å². The Hall–Kier alpha value is -2.15. The fraction of sp³-hybridized carbons (Fsp3) is 0.300. The third kappa shape index (κ3) is 2.04. The number of aryl methyl sites for hydroxylation is 1. The van der Waals surface area contributed by atoms with E-state index in [-0.39, 0.29) is 12.1 Å². The summed E-state index contributed by atoms with van der Waals surface area (Å²) in [5.74, 6) is -0.638. The molecule has 17 heavy (non-hydrogen) atoms. The molecule has 0 saturated heterocycles. The van der Waals surface area contributed by atoms with E-state index in [1.807, 2.05) is 0 Å². The summed E-state index contributed by atoms with van der Waals surface area (Å²) in [7, 11) is 0. The van der Waals surface area contributed by atoms with E-state index in [0.717, 1.165) is 5.69 Å². The van der Waals surface area contributed by atoms with Gasteiger partial charge in [-0.2, -0.15) is 5.10 Å². The van der Waals surface area contributed by atoms with Crippen molar-refractivity contribution < 1.29 is 4.79 Å². The maximum absolute atomic E-state index is 12.0. The first-order valence-electron chi connectivity index (χ1n) is 5.09. The minimum Gasteiger partial charge on any atom is -0.368 e. The van der Waals surface area contributed by atoms with E-state index in [1.165, 1.54) is 15.3 Å². The number of nitrogens with two attached hydrogens (primary N) is 2. The second-order valence-corrected chi connectivity index (χ2v) is 3.88. The SMILES string of the molecule is Cc1cc2c(=O)n(CC(N)C(N)=O)ccn2n1. The van der Waals surface area contributed by atoms with Gasteiger partial charge in [0.2, 0.25) is 5.91 Å². The molecule has 0 aliphatic carbocycles. The van der Waals surface area contributed by atoms with Crippen LogP contribution < -0.4 is 17.0 Å². The van der Waals surface area contributed by atoms with Crippen molar-refractivity contribution in [3.63, 3.8) is 0 Å². The lowest BCUT2D eigenvalue weighted by molar-refractivity contribution is -0.119. The molecule has 0 saturated carbocycles. The van der Waals surface area contributed by atoms with Crippen molar-refractivity contribution in [3.8, 4) is 0 Å². The smallest absolute Gasteiger partial charge is 0.276 e. The average Bonchev–Trinajstić information content (AvgIpc) is 2.63. The first kappa shape index (κ1) is 11.3. The Balaban J connectivity index is 2.46. The predicted octanol–water partition coefficient (Wildman–Crippen LogP) is -1.38. The Bertz CT molecular complexity index is 627. The van der Waals surface area contributed by atoms with E-state index in [0.29, 0.717) is 5.52 Å². The van der Waals surface area contributed by atoms with Crippen LogP contribution in [0.5, 0.6) is 0 Å². The quantitative estimate of drug-likeness (QED) is 0.683. The van der Waals surface area contributed by atoms with E-state index in [9.17, 15) is 9.59 Å². The summed E-state index contributed by atoms with van der Waals surface area (Å²) >= 11 is 0. The highest BCUT2D eigenvalue weighted by atomic mass is 16.1. The molecule has 4 N–H and O–H groups in total. The molecule has 0 fully saturated rings. The molecule has 2 aromatic heterocycles. The fourth-order valence-electron chi connectivity index (χ4n) is 1.59. The minimum atomic E-state index is -0.876. The predicted molar refractivity (Wildman–Crippen MR) is 61.4 cm³/mol. The number of primary amides is 1. The van der Waals surface area contributed by atoms with Crippen LogP contribution in [0.15, 0.2) is 23.3 Å². The van der Waals surface area contributed by atoms with Crippen molar-refractivity contribution in [1.29, 1.82) is 0 Å². The van der Waals surface area contributed by atoms with Crippen molar-refractivity contribution in [2.45, 2.75) is 19.5 Å². The summed E-state index contributed by atoms with van der Waals surface area (Å²) in [6.45, 7) is 1.86. The second kappa shape index (κ2) is 4.02. The molecular formula is C10H13N5O2. The van der Waals surface area contributed by atoms with Gasteiger partial charge in [-0.05, 0) is 13.0 Å². The molecule has 7 nitrogen and oxygen atoms in total. The van der Waals surface area contributed by atoms with Crippen LogP contribution in [0.1, 0.15) is 5.69 Å². The van der Waals surface area contributed by atoms with Gasteiger partial charge in [0, 0.05) is 18.9 Å². The van der Waals surface area contributed by atoms with Gasteiger partial charge in [0.15, 0.2) is 0 Å². The number of fused-ring (bicyclic) bond motifs is 1. The van der Waals surface area contributed by atoms with Gasteiger partial charge in [-0.25, -0.2) is 4.52 Å². The molecule has 1 unspecified atom stereocenters. The zero-order valence-electron chi connectivity index (χ0n) is 9.33. The number of rotatable bonds is 3. The lowest BCUT2D eigenvalue weighted by Crippen LogP contribution is -2.42. The number of nitrogens with zero attached hydrogens (tertiary/aromatic N) is 3. The summed E-state index contributed by atoms with van der Waals surface area (Å²) in [5, 5.41) is 4.11. The number of amides is 1. The van der Waals surface area contributed by atoms with E-state index in [2.05, 4.69) is 5.10 Å². The van der Waals surface area contributed by atoms with Crippen LogP contribution in [0.4, 0.5) is 0 Å². The van der Waals surface area contributed by atoms with Crippen molar-refractivity contribution in [2.75, 3.05) is 0 Å². The van der Waals surface area contributed by atoms with Gasteiger partial charge >= 0.3 is 0 Å². The van der Waals surface area contributed by atoms with Crippen molar-refractivity contribution in [1.82, 2.24) is 14.2 Å². The fourth-order valence-corrected chi connectivity index (χ4v) is 1.59. The Morgan fingerprint density at radius 3 is 2.88 bits per heavy atom. The van der Waals surface area contributed by atoms with Gasteiger partial charge in [0.05, 0.1) is 5.69 Å². The van der Waals surface area contributed by atoms with Gasteiger partial charge < -0.3 is 16.0 Å². The van der Waals surface area contributed by atoms with Crippen LogP contribution in [0, 0.1) is 6.92 Å². The summed E-state index contributed by atoms with van der Waals surface area (Å²) in [5.41, 5.74) is 11.5. The van der Waals surface area contributed by atoms with Gasteiger partial charge in [0.25, 0.3) is 5.56 Å². The van der Waals surface area contributed by atoms with Crippen LogP contribution in [-0.4, -0.2) is 26.1 Å². The van der Waals surface area contributed by atoms with Crippen molar-refractivity contribution in [2.24, 2.45) is 11.5 Å². The van der Waals surface area contributed by atoms with Crippen molar-refractivity contribution in [3.05, 3.63) is 34.5 Å². The van der Waals surface area contributed by atoms with Gasteiger partial charge in [-0.3, -0.25) is 9.59 Å². The molecule has 1 amide bonds. The summed E-state index contributed by atoms with van der Waals surface area (Å²) in [4.78, 5) is 22.8. The number of carbonyl (C=O) groups is 1. The average molecular weight is 235 g/mol. The highest BCUT2D eigenvalue weighted by Gasteiger charge is 2.12. The molecule has 1 atom stereocenters. The Morgan fingerprint density at radius 1 is 1.53 bits per heavy atom. The van der Waals surface area contributed by atoms with Crippen LogP contribution in [0.25, 0.3) is 5.52 Å². The highest BCUT2D eigenvalue weighted by Crippen LogP contribution is 2.00. The maximum atomic E-state index is 12.0. The summed E-state index contributed by atoms with van der Waals surface area (Å²) in [6.07, 6.45) is 3.17. The maximum Gasteiger partial charge on any atom is 0.276 e. The lowest BCUT2D eigenvalue weighted by Gasteiger charge is -2.09. The standard InChI is InChI=1S/C10H13N5O2/c1-6-4-8-10(17)14(2-3-15(8)13-6)5-7(11)9(12)16/h2-4,7H,5,11H2,1H3,(H2,12,16). The molecular weight excluding hydrogens is 222 g/mol. The number of hydrogen-bond donors (Lipinski definition) is 2. The molecule has 0 aromatic carbocycles. The van der Waals surface area contributed by atoms with E-state index in [1.54, 1.807) is 19.2 Å². The molecule has 2 rings (SSSR count). The Kier molecular flexibility index (Phi) is 2.68. The molecule has 0 aliphatic rings. The molecule has 2 aromatic rings. The van der Waals surface area contributed by atoms with Crippen LogP contribution in [-0.2, 0) is 11.3 Å². The zero-order valence-corrected chi connectivity index (χ0v) is 9.33. The normalized spacial score (nSPS) is 12.8. The lowest BCUT2D eigenvalue weighted by atomic mass is 10.3. The monoisotopic (exact) mass is 235 g/mol. The summed E-state index contributed by atoms with van der Waals surface area (Å²) in [6, 6.07) is 0.799. The molecule has 0 aliphatic heterocycles. The van der Waals surface area contributed by atoms with E-state index >= 15 is 0 Å². The van der Waals surface area contributed by atoms with Gasteiger partial charge in [0.1, 0.15) is 11.6 Å². The van der Waals surface area contributed by atoms with E-state index in [4.69, 9.17) is 11.5 Å². The topological polar surface area (TPSA) is 108 Å². The van der Waals surface area contributed by atoms with Crippen LogP contribution >= 0.6 is 0 Å². The van der Waals surface area contributed by atoms with Gasteiger partial charge in [-0.1, -0.05) is 0 Å². The Morgan fingerprint density at radius 2 is 2.24 bits per heavy atom. The largest absolute Gasteiger partial charge is 0.368 e. The molecule has 0 bridgehead atoms. The molecule has 90 valence electrons. The molecule has 0 radical (unpaired) electrons. The van der Waals surface area contributed by atoms with E-state index < -0.39 is 11.9 Å².